The van der Waals surface area contributed by atoms with Crippen LogP contribution in [-0.2, 0) is 15.6 Å². The summed E-state index contributed by atoms with van der Waals surface area (Å²) in [5, 5.41) is 1.99. The van der Waals surface area contributed by atoms with Gasteiger partial charge in [-0.05, 0) is 24.1 Å². The number of pyridine rings is 1. The van der Waals surface area contributed by atoms with Crippen molar-refractivity contribution in [3.05, 3.63) is 87.1 Å². The summed E-state index contributed by atoms with van der Waals surface area (Å²) < 4.78 is 26.6. The number of hydrogen-bond donors (Lipinski definition) is 1. The Labute approximate surface area is 188 Å². The van der Waals surface area contributed by atoms with Crippen LogP contribution in [0.25, 0.3) is 11.3 Å². The van der Waals surface area contributed by atoms with E-state index in [-0.39, 0.29) is 28.0 Å². The number of aromatic nitrogens is 4. The quantitative estimate of drug-likeness (QED) is 0.463. The highest BCUT2D eigenvalue weighted by Gasteiger charge is 2.22. The van der Waals surface area contributed by atoms with E-state index in [9.17, 15) is 18.0 Å². The Morgan fingerprint density at radius 2 is 1.97 bits per heavy atom. The first-order chi connectivity index (χ1) is 15.3. The third-order valence-corrected chi connectivity index (χ3v) is 7.54. The minimum atomic E-state index is -3.56. The number of nitrogens with one attached hydrogen (secondary N) is 1. The lowest BCUT2D eigenvalue weighted by Crippen LogP contribution is -2.21. The third kappa shape index (κ3) is 4.32. The van der Waals surface area contributed by atoms with Crippen LogP contribution in [0.15, 0.2) is 70.2 Å². The largest absolute Gasteiger partial charge is 0.325 e. The number of imidazole rings is 1. The lowest BCUT2D eigenvalue weighted by Gasteiger charge is -2.13. The number of hydrogen-bond acceptors (Lipinski definition) is 7. The number of nitrogens with zero attached hydrogens (tertiary/aromatic N) is 3. The van der Waals surface area contributed by atoms with E-state index in [1.54, 1.807) is 23.6 Å². The number of rotatable bonds is 6. The second kappa shape index (κ2) is 8.64. The van der Waals surface area contributed by atoms with Gasteiger partial charge in [0.05, 0.1) is 21.7 Å². The molecule has 8 nitrogen and oxygen atoms in total. The van der Waals surface area contributed by atoms with Crippen molar-refractivity contribution in [1.82, 2.24) is 19.5 Å². The topological polar surface area (TPSA) is 115 Å². The molecule has 10 heteroatoms. The zero-order chi connectivity index (χ0) is 22.9. The van der Waals surface area contributed by atoms with Crippen molar-refractivity contribution in [2.24, 2.45) is 0 Å². The van der Waals surface area contributed by atoms with E-state index in [0.29, 0.717) is 22.0 Å². The number of sulfone groups is 1. The van der Waals surface area contributed by atoms with E-state index in [1.165, 1.54) is 41.5 Å². The molecule has 0 unspecified atom stereocenters. The van der Waals surface area contributed by atoms with Gasteiger partial charge in [0.15, 0.2) is 9.84 Å². The Morgan fingerprint density at radius 3 is 2.62 bits per heavy atom. The van der Waals surface area contributed by atoms with E-state index in [4.69, 9.17) is 0 Å². The maximum Gasteiger partial charge on any atom is 0.264 e. The van der Waals surface area contributed by atoms with Crippen molar-refractivity contribution < 1.29 is 13.2 Å². The molecule has 0 saturated carbocycles. The molecule has 4 aromatic rings. The lowest BCUT2D eigenvalue weighted by molar-refractivity contribution is 0.0958. The molecule has 0 aliphatic rings. The molecule has 0 aliphatic heterocycles. The lowest BCUT2D eigenvalue weighted by atomic mass is 10.0. The van der Waals surface area contributed by atoms with Gasteiger partial charge in [-0.2, -0.15) is 0 Å². The van der Waals surface area contributed by atoms with Crippen molar-refractivity contribution in [1.29, 1.82) is 0 Å². The van der Waals surface area contributed by atoms with Crippen LogP contribution < -0.4 is 5.56 Å². The second-order valence-corrected chi connectivity index (χ2v) is 10.4. The first-order valence-corrected chi connectivity index (χ1v) is 12.3. The molecule has 4 rings (SSSR count). The van der Waals surface area contributed by atoms with Gasteiger partial charge < -0.3 is 4.98 Å². The Kier molecular flexibility index (Phi) is 5.90. The summed E-state index contributed by atoms with van der Waals surface area (Å²) >= 11 is 1.15. The molecule has 0 fully saturated rings. The molecule has 0 radical (unpaired) electrons. The van der Waals surface area contributed by atoms with Crippen molar-refractivity contribution in [2.45, 2.75) is 30.4 Å². The summed E-state index contributed by atoms with van der Waals surface area (Å²) in [6.07, 6.45) is 4.43. The van der Waals surface area contributed by atoms with Gasteiger partial charge in [0.2, 0.25) is 0 Å². The van der Waals surface area contributed by atoms with Crippen LogP contribution in [0.5, 0.6) is 0 Å². The molecule has 3 heterocycles. The van der Waals surface area contributed by atoms with Crippen molar-refractivity contribution in [3.8, 4) is 11.3 Å². The minimum absolute atomic E-state index is 0.0961. The summed E-state index contributed by atoms with van der Waals surface area (Å²) in [5.74, 6) is -0.697. The third-order valence-electron chi connectivity index (χ3n) is 4.86. The second-order valence-electron chi connectivity index (χ2n) is 7.47. The SMILES string of the molecule is CC(C)c1[nH]c(=O)c(-c2csc(CS(=O)(=O)c3ccccc3)n2)cc1C(=O)n1ccnc1. The summed E-state index contributed by atoms with van der Waals surface area (Å²) in [7, 11) is -3.56. The molecule has 3 aromatic heterocycles. The standard InChI is InChI=1S/C22H20N4O4S2/c1-14(2)20-17(22(28)26-9-8-23-13-26)10-16(21(27)25-20)18-11-31-19(24-18)12-32(29,30)15-6-4-3-5-7-15/h3-11,13-14H,12H2,1-2H3,(H,25,27). The van der Waals surface area contributed by atoms with Gasteiger partial charge in [0, 0.05) is 23.5 Å². The number of thiazole rings is 1. The fourth-order valence-electron chi connectivity index (χ4n) is 3.26. The van der Waals surface area contributed by atoms with E-state index in [2.05, 4.69) is 15.0 Å². The number of carbonyl (C=O) groups is 1. The summed E-state index contributed by atoms with van der Waals surface area (Å²) in [4.78, 5) is 37.1. The minimum Gasteiger partial charge on any atom is -0.325 e. The highest BCUT2D eigenvalue weighted by molar-refractivity contribution is 7.90. The summed E-state index contributed by atoms with van der Waals surface area (Å²) in [5.41, 5.74) is 0.985. The zero-order valence-corrected chi connectivity index (χ0v) is 19.0. The molecule has 0 amide bonds. The van der Waals surface area contributed by atoms with E-state index in [1.807, 2.05) is 13.8 Å². The fourth-order valence-corrected chi connectivity index (χ4v) is 5.70. The predicted molar refractivity (Wildman–Crippen MR) is 122 cm³/mol. The van der Waals surface area contributed by atoms with Crippen molar-refractivity contribution in [3.63, 3.8) is 0 Å². The van der Waals surface area contributed by atoms with Gasteiger partial charge in [-0.15, -0.1) is 11.3 Å². The Balaban J connectivity index is 1.72. The van der Waals surface area contributed by atoms with Crippen LogP contribution in [-0.4, -0.2) is 33.8 Å². The highest BCUT2D eigenvalue weighted by atomic mass is 32.2. The molecular weight excluding hydrogens is 448 g/mol. The van der Waals surface area contributed by atoms with Gasteiger partial charge in [-0.3, -0.25) is 14.2 Å². The van der Waals surface area contributed by atoms with Crippen molar-refractivity contribution >= 4 is 27.1 Å². The maximum absolute atomic E-state index is 13.0. The zero-order valence-electron chi connectivity index (χ0n) is 17.3. The van der Waals surface area contributed by atoms with E-state index in [0.717, 1.165) is 11.3 Å². The highest BCUT2D eigenvalue weighted by Crippen LogP contribution is 2.26. The molecule has 0 saturated heterocycles. The normalized spacial score (nSPS) is 11.7. The molecule has 1 aromatic carbocycles. The molecule has 0 bridgehead atoms. The maximum atomic E-state index is 13.0. The van der Waals surface area contributed by atoms with Crippen LogP contribution in [0.1, 0.15) is 40.8 Å². The van der Waals surface area contributed by atoms with Gasteiger partial charge in [0.25, 0.3) is 11.5 Å². The molecule has 0 aliphatic carbocycles. The number of aromatic amines is 1. The van der Waals surface area contributed by atoms with Gasteiger partial charge >= 0.3 is 0 Å². The van der Waals surface area contributed by atoms with Gasteiger partial charge in [-0.25, -0.2) is 18.4 Å². The summed E-state index contributed by atoms with van der Waals surface area (Å²) in [6.45, 7) is 3.76. The van der Waals surface area contributed by atoms with Gasteiger partial charge in [-0.1, -0.05) is 32.0 Å². The van der Waals surface area contributed by atoms with Crippen molar-refractivity contribution in [2.75, 3.05) is 0 Å². The van der Waals surface area contributed by atoms with E-state index >= 15 is 0 Å². The fraction of sp³-hybridized carbons (Fsp3) is 0.182. The monoisotopic (exact) mass is 468 g/mol. The summed E-state index contributed by atoms with van der Waals surface area (Å²) in [6, 6.07) is 9.65. The average molecular weight is 469 g/mol. The smallest absolute Gasteiger partial charge is 0.264 e. The van der Waals surface area contributed by atoms with E-state index < -0.39 is 15.4 Å². The predicted octanol–water partition coefficient (Wildman–Crippen LogP) is 3.48. The number of benzene rings is 1. The number of H-pyrrole nitrogens is 1. The molecule has 0 spiro atoms. The average Bonchev–Trinajstić information content (AvgIpc) is 3.46. The Bertz CT molecular complexity index is 1420. The van der Waals surface area contributed by atoms with Crippen LogP contribution in [0.4, 0.5) is 0 Å². The Morgan fingerprint density at radius 1 is 1.22 bits per heavy atom. The first-order valence-electron chi connectivity index (χ1n) is 9.78. The molecule has 0 atom stereocenters. The molecule has 32 heavy (non-hydrogen) atoms. The molecular formula is C22H20N4O4S2. The van der Waals surface area contributed by atoms with Crippen LogP contribution in [0.2, 0.25) is 0 Å². The van der Waals surface area contributed by atoms with Crippen LogP contribution >= 0.6 is 11.3 Å². The number of carbonyl (C=O) groups excluding carboxylic acids is 1. The van der Waals surface area contributed by atoms with Crippen LogP contribution in [0, 0.1) is 0 Å². The first kappa shape index (κ1) is 21.8. The van der Waals surface area contributed by atoms with Gasteiger partial charge in [0.1, 0.15) is 17.1 Å². The Hall–Kier alpha value is -3.37. The molecule has 1 N–H and O–H groups in total. The molecule has 164 valence electrons. The van der Waals surface area contributed by atoms with Crippen LogP contribution in [0.3, 0.4) is 0 Å².